The van der Waals surface area contributed by atoms with Crippen molar-refractivity contribution in [2.45, 2.75) is 29.1 Å². The van der Waals surface area contributed by atoms with Crippen LogP contribution in [0.5, 0.6) is 0 Å². The molecule has 0 radical (unpaired) electrons. The Balaban J connectivity index is 1.31. The summed E-state index contributed by atoms with van der Waals surface area (Å²) in [6.45, 7) is 7.10. The van der Waals surface area contributed by atoms with Crippen LogP contribution >= 0.6 is 23.4 Å². The molecule has 2 heterocycles. The summed E-state index contributed by atoms with van der Waals surface area (Å²) in [6.07, 6.45) is 2.09. The Morgan fingerprint density at radius 2 is 1.57 bits per heavy atom. The van der Waals surface area contributed by atoms with E-state index in [0.29, 0.717) is 0 Å². The molecule has 0 bridgehead atoms. The average Bonchev–Trinajstić information content (AvgIpc) is 2.74. The Labute approximate surface area is 187 Å². The van der Waals surface area contributed by atoms with Crippen LogP contribution < -0.4 is 4.90 Å². The number of rotatable bonds is 8. The van der Waals surface area contributed by atoms with E-state index in [1.807, 2.05) is 17.8 Å². The number of benzene rings is 2. The zero-order valence-corrected chi connectivity index (χ0v) is 18.7. The first kappa shape index (κ1) is 21.5. The zero-order chi connectivity index (χ0) is 20.9. The van der Waals surface area contributed by atoms with Crippen LogP contribution in [-0.4, -0.2) is 66.7 Å². The number of halogens is 1. The molecule has 4 rings (SSSR count). The van der Waals surface area contributed by atoms with Crippen molar-refractivity contribution in [3.8, 4) is 0 Å². The van der Waals surface area contributed by atoms with Gasteiger partial charge in [-0.05, 0) is 56.3 Å². The molecule has 2 aromatic carbocycles. The lowest BCUT2D eigenvalue weighted by Gasteiger charge is -2.36. The monoisotopic (exact) mass is 445 g/mol. The number of hydrogen-bond donors (Lipinski definition) is 1. The molecule has 0 unspecified atom stereocenters. The maximum absolute atomic E-state index is 10.7. The lowest BCUT2D eigenvalue weighted by atomic mass is 10.2. The van der Waals surface area contributed by atoms with E-state index in [2.05, 4.69) is 51.1 Å². The second-order valence-electron chi connectivity index (χ2n) is 7.87. The zero-order valence-electron chi connectivity index (χ0n) is 17.1. The third-order valence-corrected chi connectivity index (χ3v) is 7.14. The summed E-state index contributed by atoms with van der Waals surface area (Å²) in [5.74, 6) is -0.700. The van der Waals surface area contributed by atoms with Gasteiger partial charge in [0.2, 0.25) is 0 Å². The molecule has 0 spiro atoms. The van der Waals surface area contributed by atoms with E-state index < -0.39 is 5.97 Å². The summed E-state index contributed by atoms with van der Waals surface area (Å²) in [6, 6.07) is 14.8. The topological polar surface area (TPSA) is 47.0 Å². The van der Waals surface area contributed by atoms with Crippen LogP contribution in [-0.2, 0) is 4.79 Å². The molecule has 1 saturated heterocycles. The Morgan fingerprint density at radius 1 is 0.900 bits per heavy atom. The summed E-state index contributed by atoms with van der Waals surface area (Å²) in [5.41, 5.74) is 2.47. The highest BCUT2D eigenvalue weighted by Gasteiger charge is 2.24. The van der Waals surface area contributed by atoms with Crippen molar-refractivity contribution in [1.82, 2.24) is 9.80 Å². The SMILES string of the molecule is O=C(O)CCCN1CCN(CCCN2c3ccccc3Sc3ccc(Cl)cc32)CC1. The van der Waals surface area contributed by atoms with Crippen molar-refractivity contribution in [2.75, 3.05) is 50.7 Å². The maximum atomic E-state index is 10.7. The molecule has 1 N–H and O–H groups in total. The molecule has 5 nitrogen and oxygen atoms in total. The minimum atomic E-state index is -0.700. The highest BCUT2D eigenvalue weighted by molar-refractivity contribution is 7.99. The number of aliphatic carboxylic acids is 1. The van der Waals surface area contributed by atoms with E-state index in [-0.39, 0.29) is 6.42 Å². The van der Waals surface area contributed by atoms with Gasteiger partial charge in [-0.2, -0.15) is 0 Å². The predicted octanol–water partition coefficient (Wildman–Crippen LogP) is 4.82. The Hall–Kier alpha value is -1.73. The Bertz CT molecular complexity index is 887. The summed E-state index contributed by atoms with van der Waals surface area (Å²) in [4.78, 5) is 20.5. The number of carbonyl (C=O) groups is 1. The molecule has 2 aliphatic rings. The van der Waals surface area contributed by atoms with Crippen LogP contribution in [0.3, 0.4) is 0 Å². The molecule has 2 aliphatic heterocycles. The van der Waals surface area contributed by atoms with Gasteiger partial charge in [-0.1, -0.05) is 35.5 Å². The van der Waals surface area contributed by atoms with Crippen LogP contribution in [0.4, 0.5) is 11.4 Å². The third-order valence-electron chi connectivity index (χ3n) is 5.77. The quantitative estimate of drug-likeness (QED) is 0.628. The van der Waals surface area contributed by atoms with Crippen LogP contribution in [0.15, 0.2) is 52.3 Å². The van der Waals surface area contributed by atoms with Crippen molar-refractivity contribution in [3.05, 3.63) is 47.5 Å². The standard InChI is InChI=1S/C23H28ClN3O2S/c24-18-8-9-22-20(17-18)27(19-5-1-2-6-21(19)30-22)12-4-11-26-15-13-25(14-16-26)10-3-7-23(28)29/h1-2,5-6,8-9,17H,3-4,7,10-16H2,(H,28,29). The average molecular weight is 446 g/mol. The fourth-order valence-electron chi connectivity index (χ4n) is 4.19. The maximum Gasteiger partial charge on any atom is 0.303 e. The van der Waals surface area contributed by atoms with E-state index in [1.165, 1.54) is 21.2 Å². The van der Waals surface area contributed by atoms with Crippen molar-refractivity contribution in [2.24, 2.45) is 0 Å². The van der Waals surface area contributed by atoms with E-state index in [9.17, 15) is 4.79 Å². The van der Waals surface area contributed by atoms with E-state index in [1.54, 1.807) is 0 Å². The highest BCUT2D eigenvalue weighted by atomic mass is 35.5. The van der Waals surface area contributed by atoms with Gasteiger partial charge in [0.1, 0.15) is 0 Å². The number of piperazine rings is 1. The van der Waals surface area contributed by atoms with Gasteiger partial charge in [0, 0.05) is 54.0 Å². The molecule has 0 amide bonds. The number of carboxylic acids is 1. The lowest BCUT2D eigenvalue weighted by molar-refractivity contribution is -0.137. The van der Waals surface area contributed by atoms with Crippen molar-refractivity contribution >= 4 is 40.7 Å². The minimum absolute atomic E-state index is 0.265. The Kier molecular flexibility index (Phi) is 7.20. The van der Waals surface area contributed by atoms with Crippen LogP contribution in [0, 0.1) is 0 Å². The molecule has 160 valence electrons. The summed E-state index contributed by atoms with van der Waals surface area (Å²) < 4.78 is 0. The second kappa shape index (κ2) is 10.1. The van der Waals surface area contributed by atoms with Gasteiger partial charge < -0.3 is 19.8 Å². The van der Waals surface area contributed by atoms with Gasteiger partial charge in [-0.25, -0.2) is 0 Å². The summed E-state index contributed by atoms with van der Waals surface area (Å²) in [5, 5.41) is 9.56. The van der Waals surface area contributed by atoms with Crippen molar-refractivity contribution < 1.29 is 9.90 Å². The lowest BCUT2D eigenvalue weighted by Crippen LogP contribution is -2.47. The first-order valence-electron chi connectivity index (χ1n) is 10.6. The number of fused-ring (bicyclic) bond motifs is 2. The first-order valence-corrected chi connectivity index (χ1v) is 11.8. The van der Waals surface area contributed by atoms with Crippen LogP contribution in [0.1, 0.15) is 19.3 Å². The molecular formula is C23H28ClN3O2S. The van der Waals surface area contributed by atoms with Gasteiger partial charge in [-0.3, -0.25) is 4.79 Å². The molecule has 0 saturated carbocycles. The van der Waals surface area contributed by atoms with E-state index in [4.69, 9.17) is 16.7 Å². The fraction of sp³-hybridized carbons (Fsp3) is 0.435. The Morgan fingerprint density at radius 3 is 2.30 bits per heavy atom. The molecule has 0 aromatic heterocycles. The van der Waals surface area contributed by atoms with Crippen molar-refractivity contribution in [3.63, 3.8) is 0 Å². The first-order chi connectivity index (χ1) is 14.6. The van der Waals surface area contributed by atoms with Crippen molar-refractivity contribution in [1.29, 1.82) is 0 Å². The minimum Gasteiger partial charge on any atom is -0.481 e. The van der Waals surface area contributed by atoms with Gasteiger partial charge in [0.05, 0.1) is 11.4 Å². The largest absolute Gasteiger partial charge is 0.481 e. The van der Waals surface area contributed by atoms with Crippen LogP contribution in [0.2, 0.25) is 5.02 Å². The number of anilines is 2. The summed E-state index contributed by atoms with van der Waals surface area (Å²) in [7, 11) is 0. The number of hydrogen-bond acceptors (Lipinski definition) is 5. The molecule has 0 atom stereocenters. The summed E-state index contributed by atoms with van der Waals surface area (Å²) >= 11 is 8.12. The molecule has 0 aliphatic carbocycles. The second-order valence-corrected chi connectivity index (χ2v) is 9.39. The van der Waals surface area contributed by atoms with E-state index in [0.717, 1.165) is 63.7 Å². The predicted molar refractivity (Wildman–Crippen MR) is 123 cm³/mol. The van der Waals surface area contributed by atoms with Gasteiger partial charge in [-0.15, -0.1) is 0 Å². The highest BCUT2D eigenvalue weighted by Crippen LogP contribution is 2.48. The van der Waals surface area contributed by atoms with Gasteiger partial charge in [0.15, 0.2) is 0 Å². The fourth-order valence-corrected chi connectivity index (χ4v) is 5.43. The van der Waals surface area contributed by atoms with Gasteiger partial charge >= 0.3 is 5.97 Å². The molecule has 1 fully saturated rings. The number of para-hydroxylation sites is 1. The number of nitrogens with zero attached hydrogens (tertiary/aromatic N) is 3. The molecule has 2 aromatic rings. The molecule has 30 heavy (non-hydrogen) atoms. The van der Waals surface area contributed by atoms with Crippen LogP contribution in [0.25, 0.3) is 0 Å². The normalized spacial score (nSPS) is 16.9. The third kappa shape index (κ3) is 5.30. The molecular weight excluding hydrogens is 418 g/mol. The smallest absolute Gasteiger partial charge is 0.303 e. The molecule has 7 heteroatoms. The van der Waals surface area contributed by atoms with Gasteiger partial charge in [0.25, 0.3) is 0 Å². The van der Waals surface area contributed by atoms with E-state index >= 15 is 0 Å². The number of carboxylic acid groups (broad SMARTS) is 1.